The first kappa shape index (κ1) is 33.3. The Morgan fingerprint density at radius 2 is 1.64 bits per heavy atom. The Balaban J connectivity index is 1.66. The standard InChI is InChI=1S/C37H53N5O2/c1-9-12-14-15-16-17-23-44-30-20-21-31(33(26-30)43-8)35-38-39-36-32(34(37(5,6)7)40-42(35)36)25-28-18-19-29(24-27(28)4)41(11-3)22-13-10-2/h18-21,24-26H,9-17,22-23H2,1-8H3. The fourth-order valence-electron chi connectivity index (χ4n) is 5.67. The van der Waals surface area contributed by atoms with E-state index in [2.05, 4.69) is 87.8 Å². The third kappa shape index (κ3) is 7.91. The lowest BCUT2D eigenvalue weighted by atomic mass is 9.90. The van der Waals surface area contributed by atoms with Crippen LogP contribution in [0.3, 0.4) is 0 Å². The molecule has 0 bridgehead atoms. The molecule has 2 aromatic heterocycles. The number of fused-ring (bicyclic) bond motifs is 1. The van der Waals surface area contributed by atoms with E-state index in [-0.39, 0.29) is 5.41 Å². The molecule has 7 nitrogen and oxygen atoms in total. The first-order valence-corrected chi connectivity index (χ1v) is 16.7. The van der Waals surface area contributed by atoms with Crippen LogP contribution >= 0.6 is 0 Å². The van der Waals surface area contributed by atoms with Gasteiger partial charge in [0, 0.05) is 35.5 Å². The summed E-state index contributed by atoms with van der Waals surface area (Å²) < 4.78 is 13.7. The van der Waals surface area contributed by atoms with E-state index >= 15 is 0 Å². The van der Waals surface area contributed by atoms with Crippen LogP contribution in [0.2, 0.25) is 0 Å². The van der Waals surface area contributed by atoms with Gasteiger partial charge in [-0.25, -0.2) is 0 Å². The number of aromatic nitrogens is 4. The van der Waals surface area contributed by atoms with Crippen LogP contribution in [0.5, 0.6) is 11.5 Å². The predicted molar refractivity (Wildman–Crippen MR) is 183 cm³/mol. The zero-order chi connectivity index (χ0) is 31.7. The second kappa shape index (κ2) is 15.4. The molecule has 0 N–H and O–H groups in total. The quantitative estimate of drug-likeness (QED) is 0.121. The molecule has 2 heterocycles. The van der Waals surface area contributed by atoms with Crippen molar-refractivity contribution in [3.05, 3.63) is 58.4 Å². The largest absolute Gasteiger partial charge is 0.496 e. The summed E-state index contributed by atoms with van der Waals surface area (Å²) in [6, 6.07) is 12.7. The van der Waals surface area contributed by atoms with Crippen LogP contribution in [-0.2, 0) is 5.41 Å². The minimum absolute atomic E-state index is 0.185. The van der Waals surface area contributed by atoms with Gasteiger partial charge in [0.2, 0.25) is 0 Å². The van der Waals surface area contributed by atoms with Crippen LogP contribution in [0.4, 0.5) is 5.69 Å². The van der Waals surface area contributed by atoms with Gasteiger partial charge in [0.1, 0.15) is 11.5 Å². The topological polar surface area (TPSA) is 64.8 Å². The Kier molecular flexibility index (Phi) is 11.7. The molecule has 44 heavy (non-hydrogen) atoms. The number of aryl methyl sites for hydroxylation is 1. The Bertz CT molecular complexity index is 1550. The molecule has 0 aliphatic rings. The first-order chi connectivity index (χ1) is 21.2. The smallest absolute Gasteiger partial charge is 0.189 e. The van der Waals surface area contributed by atoms with Crippen molar-refractivity contribution in [3.8, 4) is 22.9 Å². The summed E-state index contributed by atoms with van der Waals surface area (Å²) in [6.45, 7) is 18.3. The monoisotopic (exact) mass is 599 g/mol. The van der Waals surface area contributed by atoms with E-state index in [1.165, 1.54) is 56.2 Å². The van der Waals surface area contributed by atoms with E-state index in [1.54, 1.807) is 7.11 Å². The Hall–Kier alpha value is -3.61. The molecule has 7 heteroatoms. The average Bonchev–Trinajstić information content (AvgIpc) is 3.58. The molecule has 4 rings (SSSR count). The van der Waals surface area contributed by atoms with Crippen LogP contribution in [0.15, 0.2) is 36.4 Å². The second-order valence-corrected chi connectivity index (χ2v) is 12.9. The van der Waals surface area contributed by atoms with Crippen molar-refractivity contribution in [1.82, 2.24) is 19.8 Å². The number of hydrogen-bond acceptors (Lipinski definition) is 6. The van der Waals surface area contributed by atoms with Crippen molar-refractivity contribution in [1.29, 1.82) is 0 Å². The molecule has 0 atom stereocenters. The van der Waals surface area contributed by atoms with Gasteiger partial charge in [-0.2, -0.15) is 9.61 Å². The molecule has 0 unspecified atom stereocenters. The number of hydrogen-bond donors (Lipinski definition) is 0. The van der Waals surface area contributed by atoms with Gasteiger partial charge in [0.15, 0.2) is 11.5 Å². The van der Waals surface area contributed by atoms with Crippen molar-refractivity contribution >= 4 is 17.4 Å². The summed E-state index contributed by atoms with van der Waals surface area (Å²) in [7, 11) is 1.68. The van der Waals surface area contributed by atoms with Gasteiger partial charge in [-0.05, 0) is 68.2 Å². The Morgan fingerprint density at radius 1 is 0.886 bits per heavy atom. The molecule has 2 aromatic carbocycles. The summed E-state index contributed by atoms with van der Waals surface area (Å²) in [6.07, 6.45) is 12.0. The van der Waals surface area contributed by atoms with E-state index in [4.69, 9.17) is 14.6 Å². The third-order valence-electron chi connectivity index (χ3n) is 8.31. The maximum atomic E-state index is 6.06. The number of benzene rings is 2. The number of unbranched alkanes of at least 4 members (excludes halogenated alkanes) is 6. The third-order valence-corrected chi connectivity index (χ3v) is 8.31. The van der Waals surface area contributed by atoms with Crippen LogP contribution < -0.4 is 19.6 Å². The Morgan fingerprint density at radius 3 is 2.32 bits per heavy atom. The van der Waals surface area contributed by atoms with E-state index in [1.807, 2.05) is 22.7 Å². The van der Waals surface area contributed by atoms with E-state index < -0.39 is 0 Å². The van der Waals surface area contributed by atoms with Crippen LogP contribution in [-0.4, -0.2) is 46.6 Å². The second-order valence-electron chi connectivity index (χ2n) is 12.9. The van der Waals surface area contributed by atoms with Gasteiger partial charge in [0.05, 0.1) is 25.0 Å². The summed E-state index contributed by atoms with van der Waals surface area (Å²) in [5.41, 5.74) is 6.05. The highest BCUT2D eigenvalue weighted by atomic mass is 16.5. The average molecular weight is 600 g/mol. The van der Waals surface area contributed by atoms with Crippen molar-refractivity contribution < 1.29 is 9.47 Å². The molecule has 238 valence electrons. The van der Waals surface area contributed by atoms with Gasteiger partial charge in [-0.3, -0.25) is 0 Å². The number of anilines is 1. The lowest BCUT2D eigenvalue weighted by molar-refractivity contribution is 0.302. The lowest BCUT2D eigenvalue weighted by Gasteiger charge is -2.23. The van der Waals surface area contributed by atoms with Gasteiger partial charge in [-0.15, -0.1) is 10.2 Å². The van der Waals surface area contributed by atoms with E-state index in [0.29, 0.717) is 18.2 Å². The molecular weight excluding hydrogens is 546 g/mol. The number of rotatable bonds is 16. The predicted octanol–water partition coefficient (Wildman–Crippen LogP) is 8.32. The maximum absolute atomic E-state index is 6.06. The summed E-state index contributed by atoms with van der Waals surface area (Å²) in [5, 5.41) is 15.4. The van der Waals surface area contributed by atoms with E-state index in [0.717, 1.165) is 52.9 Å². The highest BCUT2D eigenvalue weighted by molar-refractivity contribution is 5.70. The first-order valence-electron chi connectivity index (χ1n) is 16.7. The van der Waals surface area contributed by atoms with Crippen LogP contribution in [0, 0.1) is 6.92 Å². The highest BCUT2D eigenvalue weighted by Crippen LogP contribution is 2.33. The molecule has 0 amide bonds. The summed E-state index contributed by atoms with van der Waals surface area (Å²) in [5.74, 6) is 2.15. The molecule has 4 aromatic rings. The van der Waals surface area contributed by atoms with E-state index in [9.17, 15) is 0 Å². The molecule has 0 aliphatic heterocycles. The molecule has 0 saturated heterocycles. The minimum atomic E-state index is -0.185. The number of ether oxygens (including phenoxy) is 2. The molecule has 0 fully saturated rings. The summed E-state index contributed by atoms with van der Waals surface area (Å²) in [4.78, 5) is 2.45. The SMILES string of the molecule is CCCCCCCCOc1ccc(-c2nnc3c(=Cc4ccc(N(CC)CCCC)cc4C)c(C(C)(C)C)nn23)c(OC)c1. The highest BCUT2D eigenvalue weighted by Gasteiger charge is 2.25. The maximum Gasteiger partial charge on any atom is 0.189 e. The Labute approximate surface area is 264 Å². The van der Waals surface area contributed by atoms with Gasteiger partial charge in [-0.1, -0.05) is 79.2 Å². The van der Waals surface area contributed by atoms with Crippen molar-refractivity contribution in [2.24, 2.45) is 0 Å². The van der Waals surface area contributed by atoms with Crippen molar-refractivity contribution in [2.45, 2.75) is 105 Å². The molecule has 0 radical (unpaired) electrons. The van der Waals surface area contributed by atoms with Crippen LogP contribution in [0.1, 0.15) is 110 Å². The molecule has 0 saturated carbocycles. The number of nitrogens with zero attached hydrogens (tertiary/aromatic N) is 5. The zero-order valence-corrected chi connectivity index (χ0v) is 28.4. The zero-order valence-electron chi connectivity index (χ0n) is 28.4. The van der Waals surface area contributed by atoms with Gasteiger partial charge in [0.25, 0.3) is 0 Å². The van der Waals surface area contributed by atoms with Gasteiger partial charge < -0.3 is 14.4 Å². The summed E-state index contributed by atoms with van der Waals surface area (Å²) >= 11 is 0. The number of methoxy groups -OCH3 is 1. The molecular formula is C37H53N5O2. The fourth-order valence-corrected chi connectivity index (χ4v) is 5.67. The normalized spacial score (nSPS) is 12.3. The minimum Gasteiger partial charge on any atom is -0.496 e. The van der Waals surface area contributed by atoms with Crippen molar-refractivity contribution in [2.75, 3.05) is 31.7 Å². The van der Waals surface area contributed by atoms with Gasteiger partial charge >= 0.3 is 0 Å². The lowest BCUT2D eigenvalue weighted by Crippen LogP contribution is -2.24. The van der Waals surface area contributed by atoms with Crippen LogP contribution in [0.25, 0.3) is 23.1 Å². The molecule has 0 aliphatic carbocycles. The molecule has 0 spiro atoms. The van der Waals surface area contributed by atoms with Crippen molar-refractivity contribution in [3.63, 3.8) is 0 Å². The fraction of sp³-hybridized carbons (Fsp3) is 0.541.